The summed E-state index contributed by atoms with van der Waals surface area (Å²) in [7, 11) is 0. The van der Waals surface area contributed by atoms with Gasteiger partial charge in [-0.3, -0.25) is 4.79 Å². The highest BCUT2D eigenvalue weighted by Crippen LogP contribution is 2.29. The zero-order chi connectivity index (χ0) is 17.8. The Labute approximate surface area is 145 Å². The molecule has 0 radical (unpaired) electrons. The highest BCUT2D eigenvalue weighted by molar-refractivity contribution is 6.05. The molecule has 1 heterocycles. The molecule has 0 saturated carbocycles. The average Bonchev–Trinajstić information content (AvgIpc) is 2.95. The molecule has 0 aliphatic heterocycles. The quantitative estimate of drug-likeness (QED) is 0.498. The van der Waals surface area contributed by atoms with Crippen LogP contribution in [0.1, 0.15) is 33.4 Å². The molecule has 3 rings (SSSR count). The lowest BCUT2D eigenvalue weighted by molar-refractivity contribution is 0.0526. The second-order valence-electron chi connectivity index (χ2n) is 5.49. The first-order valence-corrected chi connectivity index (χ1v) is 8.01. The van der Waals surface area contributed by atoms with E-state index in [1.165, 1.54) is 0 Å². The molecule has 0 spiro atoms. The molecule has 1 aromatic heterocycles. The van der Waals surface area contributed by atoms with E-state index in [0.717, 1.165) is 0 Å². The zero-order valence-corrected chi connectivity index (χ0v) is 14.1. The normalized spacial score (nSPS) is 10.6. The summed E-state index contributed by atoms with van der Waals surface area (Å²) < 4.78 is 16.3. The van der Waals surface area contributed by atoms with Gasteiger partial charge in [0.25, 0.3) is 0 Å². The highest BCUT2D eigenvalue weighted by atomic mass is 16.5. The zero-order valence-electron chi connectivity index (χ0n) is 14.1. The van der Waals surface area contributed by atoms with Crippen LogP contribution in [-0.4, -0.2) is 25.0 Å². The third kappa shape index (κ3) is 3.55. The Bertz CT molecular complexity index is 908. The van der Waals surface area contributed by atoms with Gasteiger partial charge in [0.1, 0.15) is 22.7 Å². The molecule has 0 atom stereocenters. The van der Waals surface area contributed by atoms with Crippen molar-refractivity contribution in [1.29, 1.82) is 0 Å². The number of Topliss-reactive ketones (excluding diaryl/α,β-unsaturated/α-hetero) is 1. The molecule has 3 aromatic rings. The van der Waals surface area contributed by atoms with E-state index in [1.54, 1.807) is 56.3 Å². The van der Waals surface area contributed by atoms with Crippen molar-refractivity contribution in [2.45, 2.75) is 13.8 Å². The standard InChI is InChI=1S/C20H18O5/c1-3-23-20(22)19-13(2)25-18-10-9-15(11-16(18)19)24-12-17(21)14-7-5-4-6-8-14/h4-11H,3,12H2,1-2H3. The molecule has 0 saturated heterocycles. The second-order valence-corrected chi connectivity index (χ2v) is 5.49. The summed E-state index contributed by atoms with van der Waals surface area (Å²) in [5.41, 5.74) is 1.55. The first-order chi connectivity index (χ1) is 12.1. The average molecular weight is 338 g/mol. The van der Waals surface area contributed by atoms with Crippen LogP contribution in [0.4, 0.5) is 0 Å². The van der Waals surface area contributed by atoms with Crippen molar-refractivity contribution in [3.8, 4) is 5.75 Å². The number of ether oxygens (including phenoxy) is 2. The van der Waals surface area contributed by atoms with E-state index in [2.05, 4.69) is 0 Å². The van der Waals surface area contributed by atoms with Gasteiger partial charge in [0.2, 0.25) is 0 Å². The molecule has 0 unspecified atom stereocenters. The number of hydrogen-bond donors (Lipinski definition) is 0. The lowest BCUT2D eigenvalue weighted by Gasteiger charge is -2.06. The van der Waals surface area contributed by atoms with E-state index in [4.69, 9.17) is 13.9 Å². The monoisotopic (exact) mass is 338 g/mol. The fraction of sp³-hybridized carbons (Fsp3) is 0.200. The van der Waals surface area contributed by atoms with Gasteiger partial charge in [-0.15, -0.1) is 0 Å². The van der Waals surface area contributed by atoms with E-state index in [0.29, 0.717) is 33.6 Å². The summed E-state index contributed by atoms with van der Waals surface area (Å²) in [6.45, 7) is 3.67. The van der Waals surface area contributed by atoms with Crippen LogP contribution in [0.15, 0.2) is 52.9 Å². The molecule has 0 fully saturated rings. The summed E-state index contributed by atoms with van der Waals surface area (Å²) in [5, 5.41) is 0.612. The summed E-state index contributed by atoms with van der Waals surface area (Å²) in [6.07, 6.45) is 0. The Morgan fingerprint density at radius 2 is 1.84 bits per heavy atom. The molecule has 2 aromatic carbocycles. The number of hydrogen-bond acceptors (Lipinski definition) is 5. The van der Waals surface area contributed by atoms with E-state index in [-0.39, 0.29) is 19.0 Å². The van der Waals surface area contributed by atoms with Crippen molar-refractivity contribution >= 4 is 22.7 Å². The van der Waals surface area contributed by atoms with Gasteiger partial charge in [-0.2, -0.15) is 0 Å². The molecular formula is C20H18O5. The number of furan rings is 1. The van der Waals surface area contributed by atoms with Gasteiger partial charge in [-0.25, -0.2) is 4.79 Å². The third-order valence-electron chi connectivity index (χ3n) is 3.78. The van der Waals surface area contributed by atoms with Crippen molar-refractivity contribution in [2.75, 3.05) is 13.2 Å². The minimum Gasteiger partial charge on any atom is -0.485 e. The van der Waals surface area contributed by atoms with Crippen LogP contribution >= 0.6 is 0 Å². The van der Waals surface area contributed by atoms with Crippen molar-refractivity contribution in [3.05, 3.63) is 65.4 Å². The van der Waals surface area contributed by atoms with Gasteiger partial charge in [-0.05, 0) is 32.0 Å². The number of rotatable bonds is 6. The summed E-state index contributed by atoms with van der Waals surface area (Å²) in [4.78, 5) is 24.3. The van der Waals surface area contributed by atoms with Crippen LogP contribution in [-0.2, 0) is 4.74 Å². The number of carbonyl (C=O) groups excluding carboxylic acids is 2. The molecule has 0 N–H and O–H groups in total. The van der Waals surface area contributed by atoms with Crippen LogP contribution < -0.4 is 4.74 Å². The van der Waals surface area contributed by atoms with Crippen LogP contribution in [0.25, 0.3) is 11.0 Å². The first-order valence-electron chi connectivity index (χ1n) is 8.01. The van der Waals surface area contributed by atoms with Gasteiger partial charge in [0.05, 0.1) is 6.61 Å². The summed E-state index contributed by atoms with van der Waals surface area (Å²) in [5.74, 6) is 0.431. The van der Waals surface area contributed by atoms with Crippen LogP contribution in [0.2, 0.25) is 0 Å². The molecule has 0 amide bonds. The Morgan fingerprint density at radius 1 is 1.08 bits per heavy atom. The second kappa shape index (κ2) is 7.21. The predicted molar refractivity (Wildman–Crippen MR) is 93.2 cm³/mol. The number of carbonyl (C=O) groups is 2. The van der Waals surface area contributed by atoms with Crippen molar-refractivity contribution in [1.82, 2.24) is 0 Å². The third-order valence-corrected chi connectivity index (χ3v) is 3.78. The number of aryl methyl sites for hydroxylation is 1. The molecule has 128 valence electrons. The maximum absolute atomic E-state index is 12.1. The smallest absolute Gasteiger partial charge is 0.342 e. The summed E-state index contributed by atoms with van der Waals surface area (Å²) >= 11 is 0. The van der Waals surface area contributed by atoms with Crippen molar-refractivity contribution < 1.29 is 23.5 Å². The van der Waals surface area contributed by atoms with E-state index in [9.17, 15) is 9.59 Å². The van der Waals surface area contributed by atoms with Gasteiger partial charge in [0, 0.05) is 10.9 Å². The number of fused-ring (bicyclic) bond motifs is 1. The SMILES string of the molecule is CCOC(=O)c1c(C)oc2ccc(OCC(=O)c3ccccc3)cc12. The summed E-state index contributed by atoms with van der Waals surface area (Å²) in [6, 6.07) is 14.1. The first kappa shape index (κ1) is 16.8. The maximum atomic E-state index is 12.1. The largest absolute Gasteiger partial charge is 0.485 e. The van der Waals surface area contributed by atoms with Gasteiger partial charge in [-0.1, -0.05) is 30.3 Å². The molecule has 25 heavy (non-hydrogen) atoms. The fourth-order valence-corrected chi connectivity index (χ4v) is 2.60. The van der Waals surface area contributed by atoms with Crippen LogP contribution in [0, 0.1) is 6.92 Å². The Hall–Kier alpha value is -3.08. The fourth-order valence-electron chi connectivity index (χ4n) is 2.60. The Kier molecular flexibility index (Phi) is 4.84. The molecule has 5 nitrogen and oxygen atoms in total. The van der Waals surface area contributed by atoms with Crippen LogP contribution in [0.3, 0.4) is 0 Å². The highest BCUT2D eigenvalue weighted by Gasteiger charge is 2.20. The van der Waals surface area contributed by atoms with Gasteiger partial charge in [0.15, 0.2) is 12.4 Å². The van der Waals surface area contributed by atoms with Gasteiger partial charge >= 0.3 is 5.97 Å². The van der Waals surface area contributed by atoms with E-state index < -0.39 is 5.97 Å². The molecule has 0 aliphatic rings. The maximum Gasteiger partial charge on any atom is 0.342 e. The molecule has 0 aliphatic carbocycles. The Balaban J connectivity index is 1.82. The number of benzene rings is 2. The number of ketones is 1. The number of esters is 1. The molecule has 5 heteroatoms. The predicted octanol–water partition coefficient (Wildman–Crippen LogP) is 4.18. The minimum absolute atomic E-state index is 0.0822. The van der Waals surface area contributed by atoms with Crippen molar-refractivity contribution in [3.63, 3.8) is 0 Å². The molecule has 0 bridgehead atoms. The van der Waals surface area contributed by atoms with Crippen molar-refractivity contribution in [2.24, 2.45) is 0 Å². The lowest BCUT2D eigenvalue weighted by Crippen LogP contribution is -2.11. The van der Waals surface area contributed by atoms with E-state index >= 15 is 0 Å². The lowest BCUT2D eigenvalue weighted by atomic mass is 10.1. The van der Waals surface area contributed by atoms with Crippen LogP contribution in [0.5, 0.6) is 5.75 Å². The topological polar surface area (TPSA) is 65.7 Å². The Morgan fingerprint density at radius 3 is 2.56 bits per heavy atom. The van der Waals surface area contributed by atoms with E-state index in [1.807, 2.05) is 6.07 Å². The molecular weight excluding hydrogens is 320 g/mol. The minimum atomic E-state index is -0.434. The van der Waals surface area contributed by atoms with Gasteiger partial charge < -0.3 is 13.9 Å².